The van der Waals surface area contributed by atoms with E-state index in [0.29, 0.717) is 34.8 Å². The van der Waals surface area contributed by atoms with Gasteiger partial charge < -0.3 is 14.5 Å². The van der Waals surface area contributed by atoms with Crippen LogP contribution in [0.2, 0.25) is 0 Å². The number of nitrogens with one attached hydrogen (secondary N) is 1. The molecule has 0 bridgehead atoms. The van der Waals surface area contributed by atoms with Gasteiger partial charge in [0.1, 0.15) is 11.6 Å². The van der Waals surface area contributed by atoms with Gasteiger partial charge in [-0.25, -0.2) is 14.6 Å². The molecule has 4 heterocycles. The molecule has 1 N–H and O–H groups in total. The monoisotopic (exact) mass is 487 g/mol. The normalized spacial score (nSPS) is 23.6. The third-order valence-electron chi connectivity index (χ3n) is 6.79. The number of piperidine rings is 1. The summed E-state index contributed by atoms with van der Waals surface area (Å²) in [6, 6.07) is 4.54. The number of thioether (sulfide) groups is 1. The average molecular weight is 488 g/mol. The number of rotatable bonds is 3. The summed E-state index contributed by atoms with van der Waals surface area (Å²) < 4.78 is 19.6. The Hall–Kier alpha value is -2.43. The first-order valence-corrected chi connectivity index (χ1v) is 12.9. The smallest absolute Gasteiger partial charge is 0.409 e. The van der Waals surface area contributed by atoms with Crippen molar-refractivity contribution in [3.05, 3.63) is 34.5 Å². The molecular weight excluding hydrogens is 457 g/mol. The van der Waals surface area contributed by atoms with Gasteiger partial charge in [-0.05, 0) is 81.6 Å². The fourth-order valence-corrected chi connectivity index (χ4v) is 5.81. The van der Waals surface area contributed by atoms with Crippen LogP contribution in [0.5, 0.6) is 5.75 Å². The highest BCUT2D eigenvalue weighted by Gasteiger charge is 2.30. The zero-order valence-electron chi connectivity index (χ0n) is 19.2. The molecule has 3 saturated heterocycles. The van der Waals surface area contributed by atoms with Crippen molar-refractivity contribution in [2.24, 2.45) is 4.99 Å². The third kappa shape index (κ3) is 5.29. The lowest BCUT2D eigenvalue weighted by atomic mass is 10.0. The molecule has 4 aliphatic rings. The fraction of sp³-hybridized carbons (Fsp3) is 0.542. The van der Waals surface area contributed by atoms with Crippen molar-refractivity contribution in [2.45, 2.75) is 44.6 Å². The highest BCUT2D eigenvalue weighted by molar-refractivity contribution is 8.18. The number of hydrogen-bond donors (Lipinski definition) is 1. The Morgan fingerprint density at radius 2 is 1.88 bits per heavy atom. The molecule has 34 heavy (non-hydrogen) atoms. The predicted octanol–water partition coefficient (Wildman–Crippen LogP) is 3.46. The van der Waals surface area contributed by atoms with Gasteiger partial charge in [0.15, 0.2) is 5.17 Å². The summed E-state index contributed by atoms with van der Waals surface area (Å²) in [6.07, 6.45) is 7.61. The van der Waals surface area contributed by atoms with Gasteiger partial charge in [-0.15, -0.1) is 0 Å². The standard InChI is InChI=1S/C24H30FN5O3S/c25-18-6-5-17(15-21-22(31)27-23(34-21)30-12-2-1-9-26-30)20(16-18)33-24(32)29-13-7-19(8-14-29)28-10-3-4-11-28/h5-6,15-16,19,26H,1-4,7-14H2/b21-15+. The minimum absolute atomic E-state index is 0.108. The number of amides is 2. The minimum atomic E-state index is -0.502. The first kappa shape index (κ1) is 23.3. The number of hydrazine groups is 1. The van der Waals surface area contributed by atoms with Crippen LogP contribution in [0.4, 0.5) is 9.18 Å². The van der Waals surface area contributed by atoms with Crippen LogP contribution in [-0.4, -0.2) is 77.3 Å². The Morgan fingerprint density at radius 3 is 2.62 bits per heavy atom. The van der Waals surface area contributed by atoms with E-state index in [0.717, 1.165) is 51.9 Å². The predicted molar refractivity (Wildman–Crippen MR) is 130 cm³/mol. The first-order valence-electron chi connectivity index (χ1n) is 12.1. The number of halogens is 1. The van der Waals surface area contributed by atoms with Crippen LogP contribution in [0.25, 0.3) is 6.08 Å². The van der Waals surface area contributed by atoms with Gasteiger partial charge in [-0.1, -0.05) is 0 Å². The number of nitrogens with zero attached hydrogens (tertiary/aromatic N) is 4. The Bertz CT molecular complexity index is 996. The maximum absolute atomic E-state index is 14.0. The number of likely N-dealkylation sites (tertiary alicyclic amines) is 2. The molecule has 2 amide bonds. The molecule has 0 saturated carbocycles. The van der Waals surface area contributed by atoms with Gasteiger partial charge in [0, 0.05) is 43.9 Å². The lowest BCUT2D eigenvalue weighted by Crippen LogP contribution is -2.46. The summed E-state index contributed by atoms with van der Waals surface area (Å²) in [6.45, 7) is 5.18. The second-order valence-corrected chi connectivity index (χ2v) is 10.1. The number of hydrogen-bond acceptors (Lipinski definition) is 7. The second-order valence-electron chi connectivity index (χ2n) is 9.09. The van der Waals surface area contributed by atoms with Crippen molar-refractivity contribution in [1.29, 1.82) is 0 Å². The number of aliphatic imine (C=N–C) groups is 1. The Balaban J connectivity index is 1.24. The summed E-state index contributed by atoms with van der Waals surface area (Å²) >= 11 is 1.27. The summed E-state index contributed by atoms with van der Waals surface area (Å²) in [5.41, 5.74) is 3.72. The lowest BCUT2D eigenvalue weighted by Gasteiger charge is -2.36. The van der Waals surface area contributed by atoms with Gasteiger partial charge in [0.2, 0.25) is 0 Å². The first-order chi connectivity index (χ1) is 16.6. The summed E-state index contributed by atoms with van der Waals surface area (Å²) in [7, 11) is 0. The third-order valence-corrected chi connectivity index (χ3v) is 7.80. The van der Waals surface area contributed by atoms with E-state index in [1.54, 1.807) is 11.0 Å². The fourth-order valence-electron chi connectivity index (χ4n) is 4.90. The van der Waals surface area contributed by atoms with E-state index >= 15 is 0 Å². The van der Waals surface area contributed by atoms with Crippen LogP contribution in [-0.2, 0) is 4.79 Å². The van der Waals surface area contributed by atoms with Gasteiger partial charge in [-0.3, -0.25) is 9.80 Å². The number of ether oxygens (including phenoxy) is 1. The summed E-state index contributed by atoms with van der Waals surface area (Å²) in [5, 5.41) is 2.50. The Labute approximate surface area is 203 Å². The summed E-state index contributed by atoms with van der Waals surface area (Å²) in [5.74, 6) is -0.743. The Morgan fingerprint density at radius 1 is 1.12 bits per heavy atom. The van der Waals surface area contributed by atoms with Crippen molar-refractivity contribution < 1.29 is 18.7 Å². The van der Waals surface area contributed by atoms with E-state index in [1.807, 2.05) is 5.01 Å². The van der Waals surface area contributed by atoms with Gasteiger partial charge >= 0.3 is 6.09 Å². The van der Waals surface area contributed by atoms with E-state index in [-0.39, 0.29) is 11.7 Å². The van der Waals surface area contributed by atoms with Crippen LogP contribution in [0.1, 0.15) is 44.1 Å². The van der Waals surface area contributed by atoms with Gasteiger partial charge in [-0.2, -0.15) is 4.99 Å². The molecule has 5 rings (SSSR count). The molecular formula is C24H30FN5O3S. The van der Waals surface area contributed by atoms with Crippen LogP contribution >= 0.6 is 11.8 Å². The van der Waals surface area contributed by atoms with E-state index in [4.69, 9.17) is 4.74 Å². The van der Waals surface area contributed by atoms with Crippen molar-refractivity contribution in [3.8, 4) is 5.75 Å². The Kier molecular flexibility index (Phi) is 7.17. The molecule has 1 aromatic carbocycles. The molecule has 8 nitrogen and oxygen atoms in total. The van der Waals surface area contributed by atoms with Gasteiger partial charge in [0.05, 0.1) is 4.91 Å². The van der Waals surface area contributed by atoms with Crippen molar-refractivity contribution in [3.63, 3.8) is 0 Å². The average Bonchev–Trinajstić information content (AvgIpc) is 3.52. The quantitative estimate of drug-likeness (QED) is 0.655. The number of benzene rings is 1. The van der Waals surface area contributed by atoms with E-state index in [1.165, 1.54) is 42.8 Å². The van der Waals surface area contributed by atoms with E-state index < -0.39 is 11.9 Å². The van der Waals surface area contributed by atoms with E-state index in [2.05, 4.69) is 15.3 Å². The highest BCUT2D eigenvalue weighted by Crippen LogP contribution is 2.33. The van der Waals surface area contributed by atoms with Crippen LogP contribution in [0.3, 0.4) is 0 Å². The topological polar surface area (TPSA) is 77.5 Å². The van der Waals surface area contributed by atoms with Crippen molar-refractivity contribution in [1.82, 2.24) is 20.2 Å². The number of carbonyl (C=O) groups is 2. The molecule has 10 heteroatoms. The second kappa shape index (κ2) is 10.5. The van der Waals surface area contributed by atoms with Crippen molar-refractivity contribution >= 4 is 35.0 Å². The van der Waals surface area contributed by atoms with E-state index in [9.17, 15) is 14.0 Å². The molecule has 4 aliphatic heterocycles. The zero-order chi connectivity index (χ0) is 23.5. The molecule has 0 unspecified atom stereocenters. The van der Waals surface area contributed by atoms with Crippen molar-refractivity contribution in [2.75, 3.05) is 39.3 Å². The molecule has 0 aromatic heterocycles. The van der Waals surface area contributed by atoms with Crippen LogP contribution in [0.15, 0.2) is 28.1 Å². The molecule has 0 aliphatic carbocycles. The molecule has 0 radical (unpaired) electrons. The SMILES string of the molecule is O=C1N=C(N2CCCCN2)S/C1=C/c1ccc(F)cc1OC(=O)N1CCC(N2CCCC2)CC1. The molecule has 1 aromatic rings. The minimum Gasteiger partial charge on any atom is -0.409 e. The molecule has 3 fully saturated rings. The molecule has 0 atom stereocenters. The number of carbonyl (C=O) groups excluding carboxylic acids is 2. The maximum Gasteiger partial charge on any atom is 0.415 e. The highest BCUT2D eigenvalue weighted by atomic mass is 32.2. The zero-order valence-corrected chi connectivity index (χ0v) is 20.0. The maximum atomic E-state index is 14.0. The van der Waals surface area contributed by atoms with Crippen LogP contribution < -0.4 is 10.2 Å². The molecule has 182 valence electrons. The number of amidine groups is 1. The lowest BCUT2D eigenvalue weighted by molar-refractivity contribution is -0.113. The largest absolute Gasteiger partial charge is 0.415 e. The summed E-state index contributed by atoms with van der Waals surface area (Å²) in [4.78, 5) is 34.1. The van der Waals surface area contributed by atoms with Crippen LogP contribution in [0, 0.1) is 5.82 Å². The molecule has 0 spiro atoms. The van der Waals surface area contributed by atoms with Gasteiger partial charge in [0.25, 0.3) is 5.91 Å².